The third kappa shape index (κ3) is 4.10. The fourth-order valence-corrected chi connectivity index (χ4v) is 4.78. The third-order valence-corrected chi connectivity index (χ3v) is 6.13. The SMILES string of the molecule is CONC(=O)Cc1cccc(Nc2nc(NC3C4C=CC(C4)C3C(N)=O)c3nc[nH]c3n2)c1. The van der Waals surface area contributed by atoms with Crippen LogP contribution < -0.4 is 21.8 Å². The Morgan fingerprint density at radius 2 is 2.09 bits per heavy atom. The minimum atomic E-state index is -0.315. The van der Waals surface area contributed by atoms with E-state index in [1.54, 1.807) is 6.33 Å². The molecule has 1 aromatic carbocycles. The maximum absolute atomic E-state index is 12.1. The molecule has 2 aromatic heterocycles. The number of nitrogens with zero attached hydrogens (tertiary/aromatic N) is 3. The van der Waals surface area contributed by atoms with Gasteiger partial charge in [0.2, 0.25) is 17.8 Å². The van der Waals surface area contributed by atoms with Crippen molar-refractivity contribution >= 4 is 40.4 Å². The van der Waals surface area contributed by atoms with Crippen LogP contribution in [0.2, 0.25) is 0 Å². The van der Waals surface area contributed by atoms with Crippen molar-refractivity contribution in [1.82, 2.24) is 25.4 Å². The molecule has 2 amide bonds. The van der Waals surface area contributed by atoms with E-state index in [9.17, 15) is 9.59 Å². The zero-order chi connectivity index (χ0) is 22.9. The fraction of sp³-hybridized carbons (Fsp3) is 0.318. The number of hydrogen-bond donors (Lipinski definition) is 5. The van der Waals surface area contributed by atoms with E-state index in [1.807, 2.05) is 24.3 Å². The Morgan fingerprint density at radius 1 is 1.24 bits per heavy atom. The van der Waals surface area contributed by atoms with Gasteiger partial charge in [0.05, 0.1) is 25.8 Å². The molecule has 2 heterocycles. The zero-order valence-corrected chi connectivity index (χ0v) is 17.9. The molecule has 4 atom stereocenters. The van der Waals surface area contributed by atoms with Gasteiger partial charge in [0.1, 0.15) is 5.52 Å². The number of primary amides is 1. The highest BCUT2D eigenvalue weighted by Crippen LogP contribution is 2.45. The predicted octanol–water partition coefficient (Wildman–Crippen LogP) is 1.40. The lowest BCUT2D eigenvalue weighted by Gasteiger charge is -2.27. The first kappa shape index (κ1) is 20.9. The van der Waals surface area contributed by atoms with E-state index in [-0.39, 0.29) is 42.0 Å². The summed E-state index contributed by atoms with van der Waals surface area (Å²) in [6, 6.07) is 7.23. The second-order valence-electron chi connectivity index (χ2n) is 8.27. The van der Waals surface area contributed by atoms with E-state index >= 15 is 0 Å². The molecule has 3 aromatic rings. The summed E-state index contributed by atoms with van der Waals surface area (Å²) in [5.41, 5.74) is 10.7. The first-order valence-electron chi connectivity index (χ1n) is 10.6. The average molecular weight is 448 g/mol. The monoisotopic (exact) mass is 448 g/mol. The van der Waals surface area contributed by atoms with E-state index in [0.717, 1.165) is 17.7 Å². The van der Waals surface area contributed by atoms with Gasteiger partial charge in [0, 0.05) is 11.7 Å². The van der Waals surface area contributed by atoms with Gasteiger partial charge in [0.15, 0.2) is 11.5 Å². The molecule has 170 valence electrons. The number of hydrogen-bond acceptors (Lipinski definition) is 8. The number of carbonyl (C=O) groups excluding carboxylic acids is 2. The number of carbonyl (C=O) groups is 2. The van der Waals surface area contributed by atoms with Crippen LogP contribution in [0.15, 0.2) is 42.7 Å². The number of nitrogens with two attached hydrogens (primary N) is 1. The van der Waals surface area contributed by atoms with Crippen LogP contribution >= 0.6 is 0 Å². The third-order valence-electron chi connectivity index (χ3n) is 6.13. The summed E-state index contributed by atoms with van der Waals surface area (Å²) in [4.78, 5) is 45.1. The molecule has 0 saturated heterocycles. The summed E-state index contributed by atoms with van der Waals surface area (Å²) in [5, 5.41) is 6.60. The van der Waals surface area contributed by atoms with Gasteiger partial charge in [-0.1, -0.05) is 24.3 Å². The molecular formula is C22H24N8O3. The normalized spacial score (nSPS) is 23.1. The number of benzene rings is 1. The largest absolute Gasteiger partial charge is 0.369 e. The second-order valence-corrected chi connectivity index (χ2v) is 8.27. The van der Waals surface area contributed by atoms with Crippen LogP contribution in [-0.2, 0) is 20.8 Å². The summed E-state index contributed by atoms with van der Waals surface area (Å²) in [5.74, 6) is 0.374. The standard InChI is InChI=1S/C22H24N8O3/c1-33-30-15(31)8-11-3-2-4-14(7-11)26-22-28-20-18(24-10-25-20)21(29-22)27-17-13-6-5-12(9-13)16(17)19(23)32/h2-7,10,12-13,16-17H,8-9H2,1H3,(H2,23,32)(H,30,31)(H3,24,25,26,27,28,29). The fourth-order valence-electron chi connectivity index (χ4n) is 4.78. The Labute approximate surface area is 189 Å². The first-order valence-corrected chi connectivity index (χ1v) is 10.6. The van der Waals surface area contributed by atoms with Crippen molar-refractivity contribution in [1.29, 1.82) is 0 Å². The highest BCUT2D eigenvalue weighted by Gasteiger charge is 2.47. The van der Waals surface area contributed by atoms with E-state index in [2.05, 4.69) is 53.0 Å². The number of hydroxylamine groups is 1. The Hall–Kier alpha value is -3.99. The lowest BCUT2D eigenvalue weighted by Crippen LogP contribution is -2.41. The molecule has 5 rings (SSSR count). The van der Waals surface area contributed by atoms with Crippen molar-refractivity contribution in [2.24, 2.45) is 23.5 Å². The number of nitrogens with one attached hydrogen (secondary N) is 4. The van der Waals surface area contributed by atoms with Gasteiger partial charge < -0.3 is 21.4 Å². The Kier molecular flexibility index (Phi) is 5.38. The summed E-state index contributed by atoms with van der Waals surface area (Å²) in [7, 11) is 1.39. The van der Waals surface area contributed by atoms with E-state index in [0.29, 0.717) is 22.9 Å². The molecule has 6 N–H and O–H groups in total. The van der Waals surface area contributed by atoms with Gasteiger partial charge in [-0.2, -0.15) is 9.97 Å². The van der Waals surface area contributed by atoms with Crippen molar-refractivity contribution < 1.29 is 14.4 Å². The lowest BCUT2D eigenvalue weighted by atomic mass is 9.88. The number of fused-ring (bicyclic) bond motifs is 3. The molecule has 2 bridgehead atoms. The number of imidazole rings is 1. The molecule has 0 aliphatic heterocycles. The predicted molar refractivity (Wildman–Crippen MR) is 121 cm³/mol. The van der Waals surface area contributed by atoms with Crippen LogP contribution in [0.1, 0.15) is 12.0 Å². The lowest BCUT2D eigenvalue weighted by molar-refractivity contribution is -0.130. The van der Waals surface area contributed by atoms with Crippen LogP contribution in [0.5, 0.6) is 0 Å². The number of H-pyrrole nitrogens is 1. The molecule has 4 unspecified atom stereocenters. The number of aromatic nitrogens is 4. The number of aromatic amines is 1. The van der Waals surface area contributed by atoms with E-state index in [4.69, 9.17) is 5.73 Å². The highest BCUT2D eigenvalue weighted by molar-refractivity contribution is 5.86. The van der Waals surface area contributed by atoms with Crippen LogP contribution in [0, 0.1) is 17.8 Å². The van der Waals surface area contributed by atoms with Gasteiger partial charge in [-0.25, -0.2) is 10.5 Å². The van der Waals surface area contributed by atoms with Crippen molar-refractivity contribution in [3.8, 4) is 0 Å². The molecule has 33 heavy (non-hydrogen) atoms. The van der Waals surface area contributed by atoms with Crippen LogP contribution in [-0.4, -0.2) is 44.9 Å². The van der Waals surface area contributed by atoms with Crippen LogP contribution in [0.4, 0.5) is 17.5 Å². The van der Waals surface area contributed by atoms with Gasteiger partial charge >= 0.3 is 0 Å². The molecule has 0 radical (unpaired) electrons. The maximum Gasteiger partial charge on any atom is 0.247 e. The van der Waals surface area contributed by atoms with Crippen molar-refractivity contribution in [2.45, 2.75) is 18.9 Å². The van der Waals surface area contributed by atoms with Gasteiger partial charge in [-0.15, -0.1) is 0 Å². The molecule has 1 saturated carbocycles. The summed E-state index contributed by atoms with van der Waals surface area (Å²) in [6.07, 6.45) is 6.83. The molecule has 2 aliphatic rings. The van der Waals surface area contributed by atoms with E-state index in [1.165, 1.54) is 7.11 Å². The van der Waals surface area contributed by atoms with E-state index < -0.39 is 0 Å². The van der Waals surface area contributed by atoms with Crippen molar-refractivity contribution in [3.63, 3.8) is 0 Å². The Bertz CT molecular complexity index is 1240. The molecule has 0 spiro atoms. The minimum absolute atomic E-state index is 0.150. The zero-order valence-electron chi connectivity index (χ0n) is 17.9. The Balaban J connectivity index is 1.40. The first-order chi connectivity index (χ1) is 16.0. The summed E-state index contributed by atoms with van der Waals surface area (Å²) < 4.78 is 0. The molecule has 11 nitrogen and oxygen atoms in total. The highest BCUT2D eigenvalue weighted by atomic mass is 16.6. The average Bonchev–Trinajstić information content (AvgIpc) is 3.50. The van der Waals surface area contributed by atoms with Crippen molar-refractivity contribution in [2.75, 3.05) is 17.7 Å². The van der Waals surface area contributed by atoms with Crippen molar-refractivity contribution in [3.05, 3.63) is 48.3 Å². The van der Waals surface area contributed by atoms with Gasteiger partial charge in [0.25, 0.3) is 0 Å². The summed E-state index contributed by atoms with van der Waals surface area (Å²) in [6.45, 7) is 0. The molecule has 11 heteroatoms. The van der Waals surface area contributed by atoms with Gasteiger partial charge in [-0.05, 0) is 36.0 Å². The molecular weight excluding hydrogens is 424 g/mol. The molecule has 1 fully saturated rings. The quantitative estimate of drug-likeness (QED) is 0.255. The minimum Gasteiger partial charge on any atom is -0.369 e. The van der Waals surface area contributed by atoms with Crippen LogP contribution in [0.3, 0.4) is 0 Å². The second kappa shape index (κ2) is 8.51. The Morgan fingerprint density at radius 3 is 2.91 bits per heavy atom. The number of amides is 2. The summed E-state index contributed by atoms with van der Waals surface area (Å²) >= 11 is 0. The maximum atomic E-state index is 12.1. The number of anilines is 3. The van der Waals surface area contributed by atoms with Crippen LogP contribution in [0.25, 0.3) is 11.2 Å². The smallest absolute Gasteiger partial charge is 0.247 e. The van der Waals surface area contributed by atoms with Gasteiger partial charge in [-0.3, -0.25) is 14.4 Å². The number of allylic oxidation sites excluding steroid dienone is 1. The topological polar surface area (TPSA) is 160 Å². The number of rotatable bonds is 8. The molecule has 2 aliphatic carbocycles.